The smallest absolute Gasteiger partial charge is 0.197 e. The van der Waals surface area contributed by atoms with Crippen molar-refractivity contribution in [2.75, 3.05) is 18.4 Å². The maximum atomic E-state index is 5.94. The van der Waals surface area contributed by atoms with Crippen molar-refractivity contribution < 1.29 is 0 Å². The van der Waals surface area contributed by atoms with Crippen molar-refractivity contribution in [3.05, 3.63) is 46.9 Å². The first-order valence-electron chi connectivity index (χ1n) is 7.88. The van der Waals surface area contributed by atoms with E-state index in [0.717, 1.165) is 47.6 Å². The predicted molar refractivity (Wildman–Crippen MR) is 102 cm³/mol. The molecule has 0 saturated heterocycles. The van der Waals surface area contributed by atoms with E-state index in [0.29, 0.717) is 10.8 Å². The van der Waals surface area contributed by atoms with Gasteiger partial charge in [-0.1, -0.05) is 11.6 Å². The van der Waals surface area contributed by atoms with Crippen LogP contribution in [-0.2, 0) is 0 Å². The molecule has 0 bridgehead atoms. The van der Waals surface area contributed by atoms with Crippen molar-refractivity contribution in [2.45, 2.75) is 6.42 Å². The molecule has 0 aliphatic carbocycles. The van der Waals surface area contributed by atoms with Gasteiger partial charge in [0.2, 0.25) is 0 Å². The zero-order valence-electron chi connectivity index (χ0n) is 13.2. The van der Waals surface area contributed by atoms with Gasteiger partial charge in [-0.15, -0.1) is 11.3 Å². The lowest BCUT2D eigenvalue weighted by atomic mass is 10.2. The molecule has 6 nitrogen and oxygen atoms in total. The first-order valence-corrected chi connectivity index (χ1v) is 9.14. The van der Waals surface area contributed by atoms with E-state index >= 15 is 0 Å². The Morgan fingerprint density at radius 1 is 1.08 bits per heavy atom. The predicted octanol–water partition coefficient (Wildman–Crippen LogP) is 3.68. The van der Waals surface area contributed by atoms with Crippen molar-refractivity contribution in [1.82, 2.24) is 20.3 Å². The number of benzene rings is 1. The molecular formula is C17H15ClN6S. The summed E-state index contributed by atoms with van der Waals surface area (Å²) < 4.78 is 0. The molecule has 0 fully saturated rings. The van der Waals surface area contributed by atoms with Gasteiger partial charge in [0.05, 0.1) is 5.69 Å². The van der Waals surface area contributed by atoms with Gasteiger partial charge in [-0.2, -0.15) is 0 Å². The van der Waals surface area contributed by atoms with Gasteiger partial charge in [0.25, 0.3) is 0 Å². The molecule has 0 spiro atoms. The van der Waals surface area contributed by atoms with Crippen LogP contribution in [0.25, 0.3) is 22.8 Å². The van der Waals surface area contributed by atoms with E-state index < -0.39 is 0 Å². The number of hydrogen-bond donors (Lipinski definition) is 2. The van der Waals surface area contributed by atoms with Crippen LogP contribution in [0.2, 0.25) is 5.02 Å². The van der Waals surface area contributed by atoms with Crippen LogP contribution in [0.5, 0.6) is 0 Å². The number of rotatable bonds is 3. The van der Waals surface area contributed by atoms with E-state index in [1.165, 1.54) is 11.3 Å². The third-order valence-electron chi connectivity index (χ3n) is 3.65. The lowest BCUT2D eigenvalue weighted by molar-refractivity contribution is 0.740. The summed E-state index contributed by atoms with van der Waals surface area (Å²) in [5, 5.41) is 9.88. The number of nitrogens with one attached hydrogen (secondary N) is 2. The maximum absolute atomic E-state index is 5.94. The second-order valence-electron chi connectivity index (χ2n) is 5.45. The van der Waals surface area contributed by atoms with E-state index in [9.17, 15) is 0 Å². The average molecular weight is 371 g/mol. The van der Waals surface area contributed by atoms with E-state index in [-0.39, 0.29) is 0 Å². The molecule has 8 heteroatoms. The summed E-state index contributed by atoms with van der Waals surface area (Å²) in [4.78, 5) is 18.0. The Balaban J connectivity index is 1.57. The molecule has 1 aliphatic heterocycles. The average Bonchev–Trinajstić information content (AvgIpc) is 3.12. The molecule has 3 aromatic rings. The normalized spacial score (nSPS) is 13.9. The topological polar surface area (TPSA) is 75.1 Å². The zero-order chi connectivity index (χ0) is 17.1. The number of aromatic nitrogens is 3. The van der Waals surface area contributed by atoms with Gasteiger partial charge < -0.3 is 10.6 Å². The Morgan fingerprint density at radius 2 is 1.96 bits per heavy atom. The molecule has 0 amide bonds. The number of halogens is 1. The Kier molecular flexibility index (Phi) is 4.58. The lowest BCUT2D eigenvalue weighted by Crippen LogP contribution is -2.35. The molecule has 2 N–H and O–H groups in total. The van der Waals surface area contributed by atoms with Gasteiger partial charge in [-0.3, -0.25) is 4.99 Å². The molecule has 3 heterocycles. The molecule has 0 atom stereocenters. The lowest BCUT2D eigenvalue weighted by Gasteiger charge is -2.14. The van der Waals surface area contributed by atoms with E-state index in [1.807, 2.05) is 35.7 Å². The van der Waals surface area contributed by atoms with Crippen molar-refractivity contribution in [1.29, 1.82) is 0 Å². The van der Waals surface area contributed by atoms with Crippen LogP contribution in [0.4, 0.5) is 5.13 Å². The van der Waals surface area contributed by atoms with Crippen LogP contribution >= 0.6 is 22.9 Å². The molecule has 0 unspecified atom stereocenters. The fourth-order valence-corrected chi connectivity index (χ4v) is 3.24. The molecule has 1 aliphatic rings. The van der Waals surface area contributed by atoms with Crippen molar-refractivity contribution in [2.24, 2.45) is 4.99 Å². The minimum absolute atomic E-state index is 0.648. The molecule has 126 valence electrons. The Morgan fingerprint density at radius 3 is 2.76 bits per heavy atom. The maximum Gasteiger partial charge on any atom is 0.197 e. The Hall–Kier alpha value is -2.51. The minimum atomic E-state index is 0.648. The number of hydrogen-bond acceptors (Lipinski definition) is 7. The number of guanidine groups is 1. The largest absolute Gasteiger partial charge is 0.356 e. The summed E-state index contributed by atoms with van der Waals surface area (Å²) in [5.41, 5.74) is 2.50. The first kappa shape index (κ1) is 16.0. The van der Waals surface area contributed by atoms with Crippen LogP contribution in [0.1, 0.15) is 6.42 Å². The van der Waals surface area contributed by atoms with Gasteiger partial charge in [-0.25, -0.2) is 15.0 Å². The van der Waals surface area contributed by atoms with E-state index in [2.05, 4.69) is 30.6 Å². The van der Waals surface area contributed by atoms with Gasteiger partial charge in [0.15, 0.2) is 16.9 Å². The minimum Gasteiger partial charge on any atom is -0.356 e. The van der Waals surface area contributed by atoms with E-state index in [1.54, 1.807) is 6.20 Å². The second-order valence-corrected chi connectivity index (χ2v) is 6.74. The standard InChI is InChI=1S/C17H15ClN6S/c18-12-4-2-11(3-5-12)15-19-9-6-13(22-15)14-10-25-17(23-14)24-16-20-7-1-8-21-16/h2-6,9-10H,1,7-8H2,(H2,20,21,23,24). The third-order valence-corrected chi connectivity index (χ3v) is 4.66. The summed E-state index contributed by atoms with van der Waals surface area (Å²) >= 11 is 7.46. The van der Waals surface area contributed by atoms with Crippen LogP contribution in [0.3, 0.4) is 0 Å². The summed E-state index contributed by atoms with van der Waals surface area (Å²) in [6, 6.07) is 9.32. The summed E-state index contributed by atoms with van der Waals surface area (Å²) in [7, 11) is 0. The molecule has 4 rings (SSSR count). The molecule has 0 saturated carbocycles. The highest BCUT2D eigenvalue weighted by molar-refractivity contribution is 7.14. The summed E-state index contributed by atoms with van der Waals surface area (Å²) in [6.07, 6.45) is 2.80. The fraction of sp³-hybridized carbons (Fsp3) is 0.176. The molecule has 2 aromatic heterocycles. The monoisotopic (exact) mass is 370 g/mol. The van der Waals surface area contributed by atoms with Crippen molar-refractivity contribution >= 4 is 34.0 Å². The molecular weight excluding hydrogens is 356 g/mol. The fourth-order valence-electron chi connectivity index (χ4n) is 2.41. The van der Waals surface area contributed by atoms with Crippen LogP contribution < -0.4 is 10.6 Å². The SMILES string of the molecule is Clc1ccc(-c2nccc(-c3csc(NC4=NCCCN4)n3)n2)cc1. The Labute approximate surface area is 154 Å². The second kappa shape index (κ2) is 7.16. The van der Waals surface area contributed by atoms with Gasteiger partial charge in [0.1, 0.15) is 5.69 Å². The molecule has 1 aromatic carbocycles. The quantitative estimate of drug-likeness (QED) is 0.735. The van der Waals surface area contributed by atoms with Gasteiger partial charge in [0, 0.05) is 35.3 Å². The third kappa shape index (κ3) is 3.78. The van der Waals surface area contributed by atoms with Crippen molar-refractivity contribution in [3.63, 3.8) is 0 Å². The van der Waals surface area contributed by atoms with Gasteiger partial charge in [-0.05, 0) is 36.8 Å². The molecule has 25 heavy (non-hydrogen) atoms. The highest BCUT2D eigenvalue weighted by Crippen LogP contribution is 2.25. The summed E-state index contributed by atoms with van der Waals surface area (Å²) in [6.45, 7) is 1.77. The van der Waals surface area contributed by atoms with Crippen LogP contribution in [0.15, 0.2) is 46.9 Å². The van der Waals surface area contributed by atoms with E-state index in [4.69, 9.17) is 11.6 Å². The molecule has 0 radical (unpaired) electrons. The number of thiazole rings is 1. The Bertz CT molecular complexity index is 906. The van der Waals surface area contributed by atoms with Crippen LogP contribution in [-0.4, -0.2) is 34.0 Å². The number of nitrogens with zero attached hydrogens (tertiary/aromatic N) is 4. The van der Waals surface area contributed by atoms with Gasteiger partial charge >= 0.3 is 0 Å². The van der Waals surface area contributed by atoms with Crippen LogP contribution in [0, 0.1) is 0 Å². The highest BCUT2D eigenvalue weighted by atomic mass is 35.5. The van der Waals surface area contributed by atoms with Crippen molar-refractivity contribution in [3.8, 4) is 22.8 Å². The number of aliphatic imine (C=N–C) groups is 1. The number of anilines is 1. The summed E-state index contributed by atoms with van der Waals surface area (Å²) in [5.74, 6) is 1.42. The first-order chi connectivity index (χ1) is 12.3. The zero-order valence-corrected chi connectivity index (χ0v) is 14.8. The highest BCUT2D eigenvalue weighted by Gasteiger charge is 2.11.